The number of ether oxygens (including phenoxy) is 2. The van der Waals surface area contributed by atoms with Gasteiger partial charge in [0.1, 0.15) is 17.8 Å². The zero-order chi connectivity index (χ0) is 20.1. The summed E-state index contributed by atoms with van der Waals surface area (Å²) in [6.07, 6.45) is 2.35. The maximum atomic E-state index is 12.4. The average Bonchev–Trinajstić information content (AvgIpc) is 2.61. The number of nitrogens with zero attached hydrogens (tertiary/aromatic N) is 1. The van der Waals surface area contributed by atoms with Gasteiger partial charge in [0, 0.05) is 18.7 Å². The number of hydrogen-bond acceptors (Lipinski definition) is 7. The molecule has 1 heterocycles. The first-order valence-corrected chi connectivity index (χ1v) is 9.41. The van der Waals surface area contributed by atoms with Crippen molar-refractivity contribution in [3.8, 4) is 5.88 Å². The highest BCUT2D eigenvalue weighted by atomic mass is 32.2. The Labute approximate surface area is 154 Å². The molecule has 0 radical (unpaired) electrons. The first-order valence-electron chi connectivity index (χ1n) is 8.00. The number of carbonyl (C=O) groups is 1. The summed E-state index contributed by atoms with van der Waals surface area (Å²) >= 11 is 0. The quantitative estimate of drug-likeness (QED) is 0.388. The fourth-order valence-corrected chi connectivity index (χ4v) is 2.97. The number of pyridine rings is 1. The molecule has 150 valence electrons. The van der Waals surface area contributed by atoms with Gasteiger partial charge in [0.15, 0.2) is 0 Å². The van der Waals surface area contributed by atoms with Crippen molar-refractivity contribution in [3.05, 3.63) is 36.2 Å². The third-order valence-electron chi connectivity index (χ3n) is 3.91. The van der Waals surface area contributed by atoms with Gasteiger partial charge in [-0.25, -0.2) is 4.98 Å². The minimum Gasteiger partial charge on any atom is -0.476 e. The normalized spacial score (nSPS) is 20.5. The molecule has 0 amide bonds. The molecule has 1 aromatic heterocycles. The Morgan fingerprint density at radius 1 is 1.33 bits per heavy atom. The van der Waals surface area contributed by atoms with Gasteiger partial charge < -0.3 is 13.7 Å². The van der Waals surface area contributed by atoms with Gasteiger partial charge in [-0.15, -0.1) is 0 Å². The van der Waals surface area contributed by atoms with E-state index in [1.807, 2.05) is 0 Å². The van der Waals surface area contributed by atoms with Gasteiger partial charge in [0.25, 0.3) is 0 Å². The van der Waals surface area contributed by atoms with E-state index in [0.29, 0.717) is 0 Å². The molecule has 7 nitrogen and oxygen atoms in total. The van der Waals surface area contributed by atoms with Crippen LogP contribution < -0.4 is 4.74 Å². The Hall–Kier alpha value is -2.30. The van der Waals surface area contributed by atoms with E-state index in [4.69, 9.17) is 9.47 Å². The van der Waals surface area contributed by atoms with Crippen molar-refractivity contribution in [2.45, 2.75) is 31.7 Å². The fraction of sp³-hybridized carbons (Fsp3) is 0.500. The van der Waals surface area contributed by atoms with Crippen LogP contribution in [-0.2, 0) is 23.8 Å². The van der Waals surface area contributed by atoms with Crippen LogP contribution in [0.1, 0.15) is 26.2 Å². The molecule has 0 fully saturated rings. The lowest BCUT2D eigenvalue weighted by molar-refractivity contribution is -0.158. The van der Waals surface area contributed by atoms with Crippen LogP contribution >= 0.6 is 0 Å². The van der Waals surface area contributed by atoms with Gasteiger partial charge in [-0.2, -0.15) is 21.6 Å². The average molecular weight is 409 g/mol. The number of allylic oxidation sites excluding steroid dienone is 2. The van der Waals surface area contributed by atoms with Crippen LogP contribution in [0.3, 0.4) is 0 Å². The minimum atomic E-state index is -5.75. The van der Waals surface area contributed by atoms with E-state index in [1.54, 1.807) is 25.1 Å². The standard InChI is InChI=1S/C16H18F3NO6S/c1-2-24-14(21)15(11-25-13-5-3-4-10-20-13)8-6-12(7-9-15)26-27(22,23)16(17,18)19/h3-6,10H,2,7-9,11H2,1H3. The molecule has 0 aliphatic heterocycles. The second-order valence-corrected chi connectivity index (χ2v) is 7.35. The van der Waals surface area contributed by atoms with Crippen molar-refractivity contribution in [2.24, 2.45) is 5.41 Å². The zero-order valence-electron chi connectivity index (χ0n) is 14.4. The van der Waals surface area contributed by atoms with Crippen molar-refractivity contribution in [3.63, 3.8) is 0 Å². The topological polar surface area (TPSA) is 91.8 Å². The monoisotopic (exact) mass is 409 g/mol. The number of carbonyl (C=O) groups excluding carboxylic acids is 1. The predicted molar refractivity (Wildman–Crippen MR) is 86.8 cm³/mol. The summed E-state index contributed by atoms with van der Waals surface area (Å²) in [5, 5.41) is 0. The van der Waals surface area contributed by atoms with Crippen molar-refractivity contribution >= 4 is 16.1 Å². The summed E-state index contributed by atoms with van der Waals surface area (Å²) in [5.41, 5.74) is -6.70. The Morgan fingerprint density at radius 3 is 2.59 bits per heavy atom. The summed E-state index contributed by atoms with van der Waals surface area (Å²) < 4.78 is 74.3. The highest BCUT2D eigenvalue weighted by molar-refractivity contribution is 7.87. The lowest BCUT2D eigenvalue weighted by atomic mass is 9.77. The van der Waals surface area contributed by atoms with E-state index in [1.165, 1.54) is 6.20 Å². The Kier molecular flexibility index (Phi) is 6.34. The van der Waals surface area contributed by atoms with Gasteiger partial charge >= 0.3 is 21.6 Å². The Morgan fingerprint density at radius 2 is 2.07 bits per heavy atom. The van der Waals surface area contributed by atoms with Crippen LogP contribution in [0.25, 0.3) is 0 Å². The molecule has 1 aliphatic carbocycles. The first kappa shape index (κ1) is 21.0. The fourth-order valence-electron chi connectivity index (χ4n) is 2.44. The zero-order valence-corrected chi connectivity index (χ0v) is 15.2. The lowest BCUT2D eigenvalue weighted by Gasteiger charge is -2.33. The van der Waals surface area contributed by atoms with Gasteiger partial charge in [0.05, 0.1) is 6.61 Å². The van der Waals surface area contributed by atoms with Crippen molar-refractivity contribution in [1.29, 1.82) is 0 Å². The molecular weight excluding hydrogens is 391 g/mol. The molecule has 0 saturated heterocycles. The first-order chi connectivity index (χ1) is 12.6. The van der Waals surface area contributed by atoms with Gasteiger partial charge in [-0.1, -0.05) is 6.07 Å². The van der Waals surface area contributed by atoms with E-state index in [9.17, 15) is 26.4 Å². The maximum Gasteiger partial charge on any atom is 0.534 e. The third kappa shape index (κ3) is 5.12. The van der Waals surface area contributed by atoms with Crippen LogP contribution in [-0.4, -0.2) is 38.1 Å². The van der Waals surface area contributed by atoms with Crippen molar-refractivity contribution < 1.29 is 40.0 Å². The van der Waals surface area contributed by atoms with Crippen LogP contribution in [0, 0.1) is 5.41 Å². The molecule has 27 heavy (non-hydrogen) atoms. The lowest BCUT2D eigenvalue weighted by Crippen LogP contribution is -2.40. The number of hydrogen-bond donors (Lipinski definition) is 0. The Bertz CT molecular complexity index is 794. The van der Waals surface area contributed by atoms with Crippen LogP contribution in [0.15, 0.2) is 36.2 Å². The molecule has 1 aromatic rings. The molecule has 0 N–H and O–H groups in total. The smallest absolute Gasteiger partial charge is 0.476 e. The third-order valence-corrected chi connectivity index (χ3v) is 4.91. The van der Waals surface area contributed by atoms with E-state index in [2.05, 4.69) is 9.17 Å². The molecule has 0 saturated carbocycles. The van der Waals surface area contributed by atoms with Gasteiger partial charge in [0.2, 0.25) is 5.88 Å². The molecule has 11 heteroatoms. The summed E-state index contributed by atoms with van der Waals surface area (Å²) in [5.74, 6) is -0.688. The SMILES string of the molecule is CCOC(=O)C1(COc2ccccn2)CC=C(OS(=O)(=O)C(F)(F)F)CC1. The summed E-state index contributed by atoms with van der Waals surface area (Å²) in [7, 11) is -5.75. The highest BCUT2D eigenvalue weighted by Gasteiger charge is 2.50. The number of esters is 1. The molecule has 0 aromatic carbocycles. The molecule has 1 atom stereocenters. The summed E-state index contributed by atoms with van der Waals surface area (Å²) in [4.78, 5) is 16.4. The van der Waals surface area contributed by atoms with E-state index in [0.717, 1.165) is 6.08 Å². The van der Waals surface area contributed by atoms with Crippen LogP contribution in [0.4, 0.5) is 13.2 Å². The number of rotatable bonds is 7. The second kappa shape index (κ2) is 8.15. The maximum absolute atomic E-state index is 12.4. The molecular formula is C16H18F3NO6S. The molecule has 0 spiro atoms. The predicted octanol–water partition coefficient (Wildman–Crippen LogP) is 2.94. The van der Waals surface area contributed by atoms with Crippen molar-refractivity contribution in [1.82, 2.24) is 4.98 Å². The minimum absolute atomic E-state index is 0.00211. The van der Waals surface area contributed by atoms with Crippen molar-refractivity contribution in [2.75, 3.05) is 13.2 Å². The van der Waals surface area contributed by atoms with Crippen LogP contribution in [0.5, 0.6) is 5.88 Å². The molecule has 1 unspecified atom stereocenters. The van der Waals surface area contributed by atoms with E-state index in [-0.39, 0.29) is 44.1 Å². The second-order valence-electron chi connectivity index (χ2n) is 5.82. The highest BCUT2D eigenvalue weighted by Crippen LogP contribution is 2.39. The van der Waals surface area contributed by atoms with Gasteiger partial charge in [-0.3, -0.25) is 4.79 Å². The van der Waals surface area contributed by atoms with E-state index < -0.39 is 27.0 Å². The number of aromatic nitrogens is 1. The van der Waals surface area contributed by atoms with E-state index >= 15 is 0 Å². The number of alkyl halides is 3. The largest absolute Gasteiger partial charge is 0.534 e. The molecule has 1 aliphatic rings. The molecule has 0 bridgehead atoms. The molecule has 2 rings (SSSR count). The summed E-state index contributed by atoms with van der Waals surface area (Å²) in [6, 6.07) is 4.96. The number of halogens is 3. The van der Waals surface area contributed by atoms with Crippen LogP contribution in [0.2, 0.25) is 0 Å². The summed E-state index contributed by atoms with van der Waals surface area (Å²) in [6.45, 7) is 1.60. The Balaban J connectivity index is 2.15. The van der Waals surface area contributed by atoms with Gasteiger partial charge in [-0.05, 0) is 31.9 Å².